The summed E-state index contributed by atoms with van der Waals surface area (Å²) < 4.78 is 0. The van der Waals surface area contributed by atoms with E-state index in [4.69, 9.17) is 0 Å². The van der Waals surface area contributed by atoms with Crippen molar-refractivity contribution in [1.29, 1.82) is 0 Å². The number of aromatic nitrogens is 2. The molecule has 1 aromatic carbocycles. The van der Waals surface area contributed by atoms with E-state index in [1.165, 1.54) is 0 Å². The Balaban J connectivity index is 2.33. The SMILES string of the molecule is CN(C)C(C(=O)O)c1cnc(-c2ccccc2)[nH]1. The highest BCUT2D eigenvalue weighted by Gasteiger charge is 2.24. The first-order valence-corrected chi connectivity index (χ1v) is 5.59. The van der Waals surface area contributed by atoms with Crippen LogP contribution in [-0.4, -0.2) is 40.0 Å². The van der Waals surface area contributed by atoms with Crippen molar-refractivity contribution >= 4 is 5.97 Å². The fraction of sp³-hybridized carbons (Fsp3) is 0.231. The summed E-state index contributed by atoms with van der Waals surface area (Å²) in [5, 5.41) is 9.19. The molecule has 1 heterocycles. The molecule has 5 heteroatoms. The number of carboxylic acid groups (broad SMARTS) is 1. The zero-order valence-corrected chi connectivity index (χ0v) is 10.3. The predicted molar refractivity (Wildman–Crippen MR) is 68.1 cm³/mol. The Morgan fingerprint density at radius 2 is 2.00 bits per heavy atom. The van der Waals surface area contributed by atoms with Crippen LogP contribution in [0.4, 0.5) is 0 Å². The van der Waals surface area contributed by atoms with Crippen molar-refractivity contribution in [3.05, 3.63) is 42.2 Å². The number of aliphatic carboxylic acids is 1. The van der Waals surface area contributed by atoms with Crippen molar-refractivity contribution in [2.75, 3.05) is 14.1 Å². The van der Waals surface area contributed by atoms with E-state index in [0.29, 0.717) is 11.5 Å². The number of imidazole rings is 1. The highest BCUT2D eigenvalue weighted by Crippen LogP contribution is 2.21. The molecule has 18 heavy (non-hydrogen) atoms. The zero-order chi connectivity index (χ0) is 13.1. The lowest BCUT2D eigenvalue weighted by Gasteiger charge is -2.18. The molecule has 0 spiro atoms. The summed E-state index contributed by atoms with van der Waals surface area (Å²) in [6.07, 6.45) is 1.57. The minimum absolute atomic E-state index is 0.575. The third-order valence-electron chi connectivity index (χ3n) is 2.69. The van der Waals surface area contributed by atoms with Gasteiger partial charge in [-0.2, -0.15) is 0 Å². The second kappa shape index (κ2) is 5.01. The smallest absolute Gasteiger partial charge is 0.327 e. The molecule has 0 saturated heterocycles. The molecular formula is C13H15N3O2. The Labute approximate surface area is 105 Å². The molecule has 1 unspecified atom stereocenters. The summed E-state index contributed by atoms with van der Waals surface area (Å²) in [5.74, 6) is -0.220. The number of benzene rings is 1. The molecule has 2 rings (SSSR count). The van der Waals surface area contributed by atoms with E-state index in [0.717, 1.165) is 5.56 Å². The van der Waals surface area contributed by atoms with Gasteiger partial charge >= 0.3 is 5.97 Å². The number of nitrogens with one attached hydrogen (secondary N) is 1. The molecule has 0 aliphatic heterocycles. The highest BCUT2D eigenvalue weighted by atomic mass is 16.4. The van der Waals surface area contributed by atoms with Crippen LogP contribution in [0, 0.1) is 0 Å². The molecule has 1 aromatic heterocycles. The normalized spacial score (nSPS) is 12.6. The number of carboxylic acids is 1. The minimum Gasteiger partial charge on any atom is -0.480 e. The molecule has 94 valence electrons. The molecular weight excluding hydrogens is 230 g/mol. The molecule has 1 atom stereocenters. The molecule has 0 bridgehead atoms. The van der Waals surface area contributed by atoms with Crippen molar-refractivity contribution in [3.63, 3.8) is 0 Å². The molecule has 0 fully saturated rings. The van der Waals surface area contributed by atoms with Crippen LogP contribution in [0.5, 0.6) is 0 Å². The number of carbonyl (C=O) groups is 1. The number of hydrogen-bond donors (Lipinski definition) is 2. The van der Waals surface area contributed by atoms with E-state index in [2.05, 4.69) is 9.97 Å². The van der Waals surface area contributed by atoms with Crippen LogP contribution >= 0.6 is 0 Å². The molecule has 2 N–H and O–H groups in total. The topological polar surface area (TPSA) is 69.2 Å². The Morgan fingerprint density at radius 3 is 2.56 bits per heavy atom. The van der Waals surface area contributed by atoms with E-state index in [-0.39, 0.29) is 0 Å². The monoisotopic (exact) mass is 245 g/mol. The lowest BCUT2D eigenvalue weighted by atomic mass is 10.2. The Hall–Kier alpha value is -2.14. The van der Waals surface area contributed by atoms with Gasteiger partial charge in [-0.3, -0.25) is 9.69 Å². The summed E-state index contributed by atoms with van der Waals surface area (Å²) in [6, 6.07) is 8.89. The Bertz CT molecular complexity index is 534. The number of aromatic amines is 1. The van der Waals surface area contributed by atoms with Gasteiger partial charge in [0.15, 0.2) is 0 Å². The van der Waals surface area contributed by atoms with Gasteiger partial charge in [-0.15, -0.1) is 0 Å². The average Bonchev–Trinajstić information content (AvgIpc) is 2.78. The van der Waals surface area contributed by atoms with Crippen LogP contribution < -0.4 is 0 Å². The first kappa shape index (κ1) is 12.3. The van der Waals surface area contributed by atoms with Gasteiger partial charge < -0.3 is 10.1 Å². The van der Waals surface area contributed by atoms with Crippen LogP contribution in [0.25, 0.3) is 11.4 Å². The maximum atomic E-state index is 11.2. The Morgan fingerprint density at radius 1 is 1.33 bits per heavy atom. The largest absolute Gasteiger partial charge is 0.480 e. The first-order chi connectivity index (χ1) is 8.59. The molecule has 0 saturated carbocycles. The van der Waals surface area contributed by atoms with Crippen molar-refractivity contribution < 1.29 is 9.90 Å². The zero-order valence-electron chi connectivity index (χ0n) is 10.3. The van der Waals surface area contributed by atoms with Gasteiger partial charge in [-0.25, -0.2) is 4.98 Å². The maximum absolute atomic E-state index is 11.2. The van der Waals surface area contributed by atoms with E-state index in [1.54, 1.807) is 25.2 Å². The van der Waals surface area contributed by atoms with Crippen LogP contribution in [0.3, 0.4) is 0 Å². The van der Waals surface area contributed by atoms with Gasteiger partial charge in [0, 0.05) is 5.56 Å². The van der Waals surface area contributed by atoms with Crippen molar-refractivity contribution in [2.24, 2.45) is 0 Å². The first-order valence-electron chi connectivity index (χ1n) is 5.59. The standard InChI is InChI=1S/C13H15N3O2/c1-16(2)11(13(17)18)10-8-14-12(15-10)9-6-4-3-5-7-9/h3-8,11H,1-2H3,(H,14,15)(H,17,18). The van der Waals surface area contributed by atoms with Gasteiger partial charge in [0.25, 0.3) is 0 Å². The van der Waals surface area contributed by atoms with Gasteiger partial charge in [0.2, 0.25) is 0 Å². The molecule has 0 aliphatic carbocycles. The maximum Gasteiger partial charge on any atom is 0.327 e. The third-order valence-corrected chi connectivity index (χ3v) is 2.69. The van der Waals surface area contributed by atoms with Crippen LogP contribution in [0.1, 0.15) is 11.7 Å². The van der Waals surface area contributed by atoms with Crippen molar-refractivity contribution in [2.45, 2.75) is 6.04 Å². The summed E-state index contributed by atoms with van der Waals surface area (Å²) in [7, 11) is 3.45. The fourth-order valence-corrected chi connectivity index (χ4v) is 1.85. The quantitative estimate of drug-likeness (QED) is 0.861. The molecule has 0 aliphatic rings. The van der Waals surface area contributed by atoms with Crippen molar-refractivity contribution in [3.8, 4) is 11.4 Å². The third kappa shape index (κ3) is 2.41. The summed E-state index contributed by atoms with van der Waals surface area (Å²) >= 11 is 0. The van der Waals surface area contributed by atoms with Gasteiger partial charge in [0.1, 0.15) is 11.9 Å². The van der Waals surface area contributed by atoms with E-state index in [9.17, 15) is 9.90 Å². The predicted octanol–water partition coefficient (Wildman–Crippen LogP) is 1.76. The average molecular weight is 245 g/mol. The summed E-state index contributed by atoms with van der Waals surface area (Å²) in [4.78, 5) is 20.1. The number of nitrogens with zero attached hydrogens (tertiary/aromatic N) is 2. The second-order valence-corrected chi connectivity index (χ2v) is 4.26. The van der Waals surface area contributed by atoms with Crippen LogP contribution in [0.15, 0.2) is 36.5 Å². The fourth-order valence-electron chi connectivity index (χ4n) is 1.85. The summed E-state index contributed by atoms with van der Waals surface area (Å²) in [5.41, 5.74) is 1.51. The molecule has 2 aromatic rings. The van der Waals surface area contributed by atoms with Crippen LogP contribution in [0.2, 0.25) is 0 Å². The minimum atomic E-state index is -0.900. The second-order valence-electron chi connectivity index (χ2n) is 4.26. The Kier molecular flexibility index (Phi) is 3.43. The number of likely N-dealkylation sites (N-methyl/N-ethyl adjacent to an activating group) is 1. The number of hydrogen-bond acceptors (Lipinski definition) is 3. The van der Waals surface area contributed by atoms with Gasteiger partial charge in [-0.1, -0.05) is 30.3 Å². The van der Waals surface area contributed by atoms with Crippen molar-refractivity contribution in [1.82, 2.24) is 14.9 Å². The highest BCUT2D eigenvalue weighted by molar-refractivity contribution is 5.75. The summed E-state index contributed by atoms with van der Waals surface area (Å²) in [6.45, 7) is 0. The van der Waals surface area contributed by atoms with Gasteiger partial charge in [-0.05, 0) is 14.1 Å². The van der Waals surface area contributed by atoms with Gasteiger partial charge in [0.05, 0.1) is 11.9 Å². The van der Waals surface area contributed by atoms with Crippen LogP contribution in [-0.2, 0) is 4.79 Å². The number of rotatable bonds is 4. The van der Waals surface area contributed by atoms with E-state index in [1.807, 2.05) is 30.3 Å². The molecule has 5 nitrogen and oxygen atoms in total. The number of H-pyrrole nitrogens is 1. The van der Waals surface area contributed by atoms with E-state index >= 15 is 0 Å². The van der Waals surface area contributed by atoms with E-state index < -0.39 is 12.0 Å². The lowest BCUT2D eigenvalue weighted by molar-refractivity contribution is -0.142. The lowest BCUT2D eigenvalue weighted by Crippen LogP contribution is -2.27. The molecule has 0 radical (unpaired) electrons. The molecule has 0 amide bonds.